The lowest BCUT2D eigenvalue weighted by Gasteiger charge is -2.06. The van der Waals surface area contributed by atoms with Gasteiger partial charge in [0, 0.05) is 40.3 Å². The third-order valence-electron chi connectivity index (χ3n) is 4.63. The Morgan fingerprint density at radius 2 is 1.91 bits per heavy atom. The largest absolute Gasteiger partial charge is 0.451 e. The molecule has 9 nitrogen and oxygen atoms in total. The lowest BCUT2D eigenvalue weighted by atomic mass is 10.1. The first-order valence-corrected chi connectivity index (χ1v) is 10.5. The van der Waals surface area contributed by atoms with Gasteiger partial charge < -0.3 is 9.73 Å². The van der Waals surface area contributed by atoms with Crippen LogP contribution in [-0.2, 0) is 5.75 Å². The summed E-state index contributed by atoms with van der Waals surface area (Å²) in [5.74, 6) is -0.0910. The number of amides is 1. The van der Waals surface area contributed by atoms with Gasteiger partial charge in [0.15, 0.2) is 16.7 Å². The molecule has 0 fully saturated rings. The molecule has 0 aliphatic rings. The van der Waals surface area contributed by atoms with Crippen molar-refractivity contribution in [3.63, 3.8) is 0 Å². The Labute approximate surface area is 184 Å². The molecule has 0 spiro atoms. The van der Waals surface area contributed by atoms with Gasteiger partial charge in [0.25, 0.3) is 5.91 Å². The van der Waals surface area contributed by atoms with Gasteiger partial charge in [0.2, 0.25) is 0 Å². The average molecular weight is 445 g/mol. The fraction of sp³-hybridized carbons (Fsp3) is 0.0455. The predicted molar refractivity (Wildman–Crippen MR) is 118 cm³/mol. The van der Waals surface area contributed by atoms with E-state index in [0.29, 0.717) is 27.7 Å². The second kappa shape index (κ2) is 8.52. The van der Waals surface area contributed by atoms with E-state index in [0.717, 1.165) is 10.9 Å². The Hall–Kier alpha value is -4.18. The van der Waals surface area contributed by atoms with E-state index in [1.165, 1.54) is 11.8 Å². The number of anilines is 1. The molecule has 2 N–H and O–H groups in total. The molecular weight excluding hydrogens is 430 g/mol. The van der Waals surface area contributed by atoms with Crippen LogP contribution in [0.15, 0.2) is 85.9 Å². The van der Waals surface area contributed by atoms with Crippen LogP contribution in [0.25, 0.3) is 22.4 Å². The molecule has 3 heterocycles. The Kier molecular flexibility index (Phi) is 5.26. The standard InChI is InChI=1S/C22H15N5O4S/c28-20(25-14-6-3-5-13(11-14)19-26-22(29)31-27-19)18-16(12-32-21-23-9-4-10-24-21)15-7-1-2-8-17(15)30-18/h1-11H,12H2,(H,25,28)(H,26,27,29). The monoisotopic (exact) mass is 445 g/mol. The number of hydrogen-bond donors (Lipinski definition) is 2. The molecule has 0 bridgehead atoms. The number of aromatic amines is 1. The van der Waals surface area contributed by atoms with Crippen LogP contribution in [0, 0.1) is 0 Å². The molecule has 5 rings (SSSR count). The van der Waals surface area contributed by atoms with Gasteiger partial charge in [-0.25, -0.2) is 14.8 Å². The average Bonchev–Trinajstić information content (AvgIpc) is 3.42. The molecule has 1 amide bonds. The highest BCUT2D eigenvalue weighted by molar-refractivity contribution is 7.98. The van der Waals surface area contributed by atoms with Gasteiger partial charge in [-0.1, -0.05) is 47.3 Å². The van der Waals surface area contributed by atoms with E-state index in [1.54, 1.807) is 42.7 Å². The van der Waals surface area contributed by atoms with Crippen LogP contribution in [-0.4, -0.2) is 26.0 Å². The normalized spacial score (nSPS) is 11.0. The highest BCUT2D eigenvalue weighted by Crippen LogP contribution is 2.31. The molecule has 0 unspecified atom stereocenters. The predicted octanol–water partition coefficient (Wildman–Crippen LogP) is 4.11. The summed E-state index contributed by atoms with van der Waals surface area (Å²) in [6.45, 7) is 0. The van der Waals surface area contributed by atoms with Crippen LogP contribution < -0.4 is 11.1 Å². The van der Waals surface area contributed by atoms with Crippen LogP contribution in [0.3, 0.4) is 0 Å². The number of furan rings is 1. The molecular formula is C22H15N5O4S. The SMILES string of the molecule is O=C(Nc1cccc(-c2noc(=O)[nH]2)c1)c1oc2ccccc2c1CSc1ncccn1. The van der Waals surface area contributed by atoms with Crippen molar-refractivity contribution in [2.75, 3.05) is 5.32 Å². The topological polar surface area (TPSA) is 127 Å². The number of benzene rings is 2. The highest BCUT2D eigenvalue weighted by Gasteiger charge is 2.21. The molecule has 0 aliphatic carbocycles. The van der Waals surface area contributed by atoms with Crippen LogP contribution in [0.1, 0.15) is 16.1 Å². The van der Waals surface area contributed by atoms with Crippen LogP contribution in [0.4, 0.5) is 5.69 Å². The van der Waals surface area contributed by atoms with E-state index >= 15 is 0 Å². The molecule has 5 aromatic rings. The van der Waals surface area contributed by atoms with E-state index in [2.05, 4.69) is 29.9 Å². The number of hydrogen-bond acceptors (Lipinski definition) is 8. The number of carbonyl (C=O) groups is 1. The summed E-state index contributed by atoms with van der Waals surface area (Å²) in [7, 11) is 0. The molecule has 10 heteroatoms. The minimum atomic E-state index is -0.652. The van der Waals surface area contributed by atoms with Crippen molar-refractivity contribution in [2.45, 2.75) is 10.9 Å². The maximum atomic E-state index is 13.1. The van der Waals surface area contributed by atoms with Gasteiger partial charge in [-0.05, 0) is 24.3 Å². The first-order valence-electron chi connectivity index (χ1n) is 9.55. The van der Waals surface area contributed by atoms with Gasteiger partial charge >= 0.3 is 5.76 Å². The quantitative estimate of drug-likeness (QED) is 0.295. The van der Waals surface area contributed by atoms with Crippen LogP contribution in [0.2, 0.25) is 0 Å². The molecule has 0 saturated carbocycles. The summed E-state index contributed by atoms with van der Waals surface area (Å²) in [5, 5.41) is 7.99. The lowest BCUT2D eigenvalue weighted by Crippen LogP contribution is -2.13. The van der Waals surface area contributed by atoms with Gasteiger partial charge in [-0.15, -0.1) is 0 Å². The van der Waals surface area contributed by atoms with Crippen LogP contribution >= 0.6 is 11.8 Å². The minimum absolute atomic E-state index is 0.217. The van der Waals surface area contributed by atoms with Crippen molar-refractivity contribution >= 4 is 34.3 Å². The summed E-state index contributed by atoms with van der Waals surface area (Å²) >= 11 is 1.42. The zero-order valence-electron chi connectivity index (χ0n) is 16.4. The summed E-state index contributed by atoms with van der Waals surface area (Å²) in [4.78, 5) is 35.3. The Bertz CT molecular complexity index is 1460. The second-order valence-corrected chi connectivity index (χ2v) is 7.65. The number of aromatic nitrogens is 4. The third kappa shape index (κ3) is 4.03. The van der Waals surface area contributed by atoms with Crippen molar-refractivity contribution < 1.29 is 13.7 Å². The van der Waals surface area contributed by atoms with Crippen LogP contribution in [0.5, 0.6) is 0 Å². The summed E-state index contributed by atoms with van der Waals surface area (Å²) in [6, 6.07) is 16.1. The third-order valence-corrected chi connectivity index (χ3v) is 5.53. The Balaban J connectivity index is 1.44. The smallest absolute Gasteiger partial charge is 0.439 e. The zero-order chi connectivity index (χ0) is 21.9. The molecule has 2 aromatic carbocycles. The summed E-state index contributed by atoms with van der Waals surface area (Å²) in [5.41, 5.74) is 2.49. The highest BCUT2D eigenvalue weighted by atomic mass is 32.2. The van der Waals surface area contributed by atoms with Gasteiger partial charge in [0.05, 0.1) is 0 Å². The Morgan fingerprint density at radius 3 is 2.72 bits per heavy atom. The van der Waals surface area contributed by atoms with Crippen molar-refractivity contribution in [1.29, 1.82) is 0 Å². The van der Waals surface area contributed by atoms with Crippen molar-refractivity contribution in [3.8, 4) is 11.4 Å². The van der Waals surface area contributed by atoms with Gasteiger partial charge in [-0.2, -0.15) is 0 Å². The second-order valence-electron chi connectivity index (χ2n) is 6.70. The molecule has 0 atom stereocenters. The lowest BCUT2D eigenvalue weighted by molar-refractivity contribution is 0.0998. The number of nitrogens with zero attached hydrogens (tertiary/aromatic N) is 3. The first kappa shape index (κ1) is 19.8. The molecule has 0 saturated heterocycles. The van der Waals surface area contributed by atoms with Gasteiger partial charge in [0.1, 0.15) is 5.58 Å². The van der Waals surface area contributed by atoms with E-state index in [-0.39, 0.29) is 11.6 Å². The molecule has 3 aromatic heterocycles. The fourth-order valence-corrected chi connectivity index (χ4v) is 4.04. The fourth-order valence-electron chi connectivity index (χ4n) is 3.21. The number of thioether (sulfide) groups is 1. The number of carbonyl (C=O) groups excluding carboxylic acids is 1. The summed E-state index contributed by atoms with van der Waals surface area (Å²) in [6.07, 6.45) is 3.34. The molecule has 0 aliphatic heterocycles. The van der Waals surface area contributed by atoms with Crippen molar-refractivity contribution in [2.24, 2.45) is 0 Å². The Morgan fingerprint density at radius 1 is 1.06 bits per heavy atom. The number of nitrogens with one attached hydrogen (secondary N) is 2. The van der Waals surface area contributed by atoms with Gasteiger partial charge in [-0.3, -0.25) is 14.3 Å². The van der Waals surface area contributed by atoms with E-state index in [9.17, 15) is 9.59 Å². The van der Waals surface area contributed by atoms with Crippen molar-refractivity contribution in [3.05, 3.63) is 88.9 Å². The number of rotatable bonds is 6. The number of para-hydroxylation sites is 1. The maximum Gasteiger partial charge on any atom is 0.439 e. The van der Waals surface area contributed by atoms with E-state index in [1.807, 2.05) is 24.3 Å². The first-order chi connectivity index (χ1) is 15.7. The number of fused-ring (bicyclic) bond motifs is 1. The number of H-pyrrole nitrogens is 1. The zero-order valence-corrected chi connectivity index (χ0v) is 17.3. The maximum absolute atomic E-state index is 13.1. The molecule has 0 radical (unpaired) electrons. The minimum Gasteiger partial charge on any atom is -0.451 e. The molecule has 32 heavy (non-hydrogen) atoms. The summed E-state index contributed by atoms with van der Waals surface area (Å²) < 4.78 is 10.4. The van der Waals surface area contributed by atoms with E-state index in [4.69, 9.17) is 4.42 Å². The van der Waals surface area contributed by atoms with Crippen molar-refractivity contribution in [1.82, 2.24) is 20.1 Å². The van der Waals surface area contributed by atoms with E-state index < -0.39 is 11.7 Å². The molecule has 158 valence electrons.